The van der Waals surface area contributed by atoms with Crippen molar-refractivity contribution in [2.75, 3.05) is 7.05 Å². The molecule has 1 rings (SSSR count). The number of hydrogen-bond acceptors (Lipinski definition) is 2. The van der Waals surface area contributed by atoms with Gasteiger partial charge in [-0.3, -0.25) is 0 Å². The van der Waals surface area contributed by atoms with E-state index in [1.54, 1.807) is 7.05 Å². The van der Waals surface area contributed by atoms with Crippen LogP contribution in [0, 0.1) is 0 Å². The molecule has 0 spiro atoms. The van der Waals surface area contributed by atoms with E-state index in [-0.39, 0.29) is 12.1 Å². The molecule has 0 aromatic carbocycles. The summed E-state index contributed by atoms with van der Waals surface area (Å²) in [6.45, 7) is 1.87. The Labute approximate surface area is 59.8 Å². The molecule has 0 bridgehead atoms. The second kappa shape index (κ2) is 2.46. The van der Waals surface area contributed by atoms with E-state index in [9.17, 15) is 9.90 Å². The van der Waals surface area contributed by atoms with Gasteiger partial charge in [-0.1, -0.05) is 0 Å². The van der Waals surface area contributed by atoms with Gasteiger partial charge in [0, 0.05) is 19.5 Å². The summed E-state index contributed by atoms with van der Waals surface area (Å²) in [5, 5.41) is 11.9. The molecule has 1 fully saturated rings. The lowest BCUT2D eigenvalue weighted by Crippen LogP contribution is -2.53. The third-order valence-corrected chi connectivity index (χ3v) is 1.70. The molecule has 0 unspecified atom stereocenters. The number of aliphatic hydroxyl groups is 1. The molecule has 0 aromatic heterocycles. The molecule has 1 aliphatic heterocycles. The summed E-state index contributed by atoms with van der Waals surface area (Å²) in [6, 6.07) is -0.120. The highest BCUT2D eigenvalue weighted by Crippen LogP contribution is 2.08. The summed E-state index contributed by atoms with van der Waals surface area (Å²) in [4.78, 5) is 12.2. The van der Waals surface area contributed by atoms with Crippen molar-refractivity contribution in [3.63, 3.8) is 0 Å². The van der Waals surface area contributed by atoms with Crippen LogP contribution >= 0.6 is 0 Å². The maximum absolute atomic E-state index is 10.9. The van der Waals surface area contributed by atoms with Gasteiger partial charge in [-0.25, -0.2) is 4.79 Å². The SMILES string of the molecule is C[C@@H]1C[C@H](O)N(C)C(=O)N1. The molecule has 0 aromatic rings. The number of nitrogens with zero attached hydrogens (tertiary/aromatic N) is 1. The highest BCUT2D eigenvalue weighted by molar-refractivity contribution is 5.75. The van der Waals surface area contributed by atoms with E-state index in [0.29, 0.717) is 6.42 Å². The standard InChI is InChI=1S/C6H12N2O2/c1-4-3-5(9)8(2)6(10)7-4/h4-5,9H,3H2,1-2H3,(H,7,10)/t4-,5+/m1/s1. The van der Waals surface area contributed by atoms with Crippen LogP contribution in [0.1, 0.15) is 13.3 Å². The van der Waals surface area contributed by atoms with Gasteiger partial charge in [-0.2, -0.15) is 0 Å². The molecular formula is C6H12N2O2. The zero-order valence-electron chi connectivity index (χ0n) is 6.16. The lowest BCUT2D eigenvalue weighted by molar-refractivity contribution is 0.0164. The van der Waals surface area contributed by atoms with Crippen molar-refractivity contribution in [1.29, 1.82) is 0 Å². The lowest BCUT2D eigenvalue weighted by atomic mass is 10.2. The monoisotopic (exact) mass is 144 g/mol. The van der Waals surface area contributed by atoms with Crippen LogP contribution in [0.3, 0.4) is 0 Å². The fraction of sp³-hybridized carbons (Fsp3) is 0.833. The van der Waals surface area contributed by atoms with Crippen molar-refractivity contribution < 1.29 is 9.90 Å². The second-order valence-electron chi connectivity index (χ2n) is 2.68. The number of hydrogen-bond donors (Lipinski definition) is 2. The van der Waals surface area contributed by atoms with Crippen LogP contribution in [-0.4, -0.2) is 35.4 Å². The van der Waals surface area contributed by atoms with Gasteiger partial charge in [0.25, 0.3) is 0 Å². The van der Waals surface area contributed by atoms with Crippen molar-refractivity contribution in [2.45, 2.75) is 25.6 Å². The van der Waals surface area contributed by atoms with Gasteiger partial charge in [0.2, 0.25) is 0 Å². The quantitative estimate of drug-likeness (QED) is 0.492. The van der Waals surface area contributed by atoms with E-state index >= 15 is 0 Å². The zero-order valence-corrected chi connectivity index (χ0v) is 6.16. The Balaban J connectivity index is 2.57. The Kier molecular flexibility index (Phi) is 1.80. The van der Waals surface area contributed by atoms with Gasteiger partial charge < -0.3 is 15.3 Å². The highest BCUT2D eigenvalue weighted by Gasteiger charge is 2.26. The molecule has 1 saturated heterocycles. The minimum atomic E-state index is -0.622. The number of carbonyl (C=O) groups is 1. The molecule has 1 heterocycles. The third kappa shape index (κ3) is 1.21. The van der Waals surface area contributed by atoms with E-state index < -0.39 is 6.23 Å². The molecule has 2 atom stereocenters. The van der Waals surface area contributed by atoms with Gasteiger partial charge in [0.15, 0.2) is 0 Å². The van der Waals surface area contributed by atoms with Gasteiger partial charge >= 0.3 is 6.03 Å². The van der Waals surface area contributed by atoms with E-state index in [2.05, 4.69) is 5.32 Å². The minimum absolute atomic E-state index is 0.0821. The zero-order chi connectivity index (χ0) is 7.72. The summed E-state index contributed by atoms with van der Waals surface area (Å²) in [7, 11) is 1.58. The van der Waals surface area contributed by atoms with Crippen molar-refractivity contribution in [1.82, 2.24) is 10.2 Å². The molecule has 0 saturated carbocycles. The van der Waals surface area contributed by atoms with Gasteiger partial charge in [0.05, 0.1) is 0 Å². The highest BCUT2D eigenvalue weighted by atomic mass is 16.3. The van der Waals surface area contributed by atoms with Crippen molar-refractivity contribution in [2.24, 2.45) is 0 Å². The molecule has 10 heavy (non-hydrogen) atoms. The molecule has 2 amide bonds. The van der Waals surface area contributed by atoms with Crippen LogP contribution in [0.25, 0.3) is 0 Å². The Morgan fingerprint density at radius 3 is 2.90 bits per heavy atom. The number of carbonyl (C=O) groups excluding carboxylic acids is 1. The molecule has 4 heteroatoms. The van der Waals surface area contributed by atoms with Crippen molar-refractivity contribution >= 4 is 6.03 Å². The lowest BCUT2D eigenvalue weighted by Gasteiger charge is -2.32. The smallest absolute Gasteiger partial charge is 0.319 e. The first kappa shape index (κ1) is 7.34. The van der Waals surface area contributed by atoms with Crippen LogP contribution in [0.15, 0.2) is 0 Å². The predicted octanol–water partition coefficient (Wildman–Crippen LogP) is -0.262. The van der Waals surface area contributed by atoms with Crippen LogP contribution in [0.4, 0.5) is 4.79 Å². The molecule has 1 aliphatic rings. The number of urea groups is 1. The average Bonchev–Trinajstić information content (AvgIpc) is 1.82. The summed E-state index contributed by atoms with van der Waals surface area (Å²) < 4.78 is 0. The number of aliphatic hydroxyl groups excluding tert-OH is 1. The summed E-state index contributed by atoms with van der Waals surface area (Å²) in [6.07, 6.45) is -0.0221. The van der Waals surface area contributed by atoms with Crippen LogP contribution in [0.2, 0.25) is 0 Å². The fourth-order valence-electron chi connectivity index (χ4n) is 0.981. The Bertz CT molecular complexity index is 149. The van der Waals surface area contributed by atoms with E-state index in [1.165, 1.54) is 4.90 Å². The molecule has 0 aliphatic carbocycles. The summed E-state index contributed by atoms with van der Waals surface area (Å²) in [5.41, 5.74) is 0. The van der Waals surface area contributed by atoms with Gasteiger partial charge in [-0.15, -0.1) is 0 Å². The Morgan fingerprint density at radius 1 is 1.80 bits per heavy atom. The molecule has 4 nitrogen and oxygen atoms in total. The third-order valence-electron chi connectivity index (χ3n) is 1.70. The Morgan fingerprint density at radius 2 is 2.40 bits per heavy atom. The minimum Gasteiger partial charge on any atom is -0.373 e. The first-order chi connectivity index (χ1) is 4.61. The molecule has 58 valence electrons. The predicted molar refractivity (Wildman–Crippen MR) is 36.4 cm³/mol. The van der Waals surface area contributed by atoms with Crippen LogP contribution in [0.5, 0.6) is 0 Å². The van der Waals surface area contributed by atoms with E-state index in [4.69, 9.17) is 0 Å². The maximum atomic E-state index is 10.9. The molecular weight excluding hydrogens is 132 g/mol. The van der Waals surface area contributed by atoms with E-state index in [1.807, 2.05) is 6.92 Å². The first-order valence-electron chi connectivity index (χ1n) is 3.32. The van der Waals surface area contributed by atoms with Crippen molar-refractivity contribution in [3.05, 3.63) is 0 Å². The van der Waals surface area contributed by atoms with Crippen LogP contribution in [-0.2, 0) is 0 Å². The second-order valence-corrected chi connectivity index (χ2v) is 2.68. The maximum Gasteiger partial charge on any atom is 0.319 e. The normalized spacial score (nSPS) is 33.9. The van der Waals surface area contributed by atoms with Gasteiger partial charge in [0.1, 0.15) is 6.23 Å². The Hall–Kier alpha value is -0.770. The molecule has 0 radical (unpaired) electrons. The number of rotatable bonds is 0. The summed E-state index contributed by atoms with van der Waals surface area (Å²) >= 11 is 0. The largest absolute Gasteiger partial charge is 0.373 e. The fourth-order valence-corrected chi connectivity index (χ4v) is 0.981. The number of nitrogens with one attached hydrogen (secondary N) is 1. The first-order valence-corrected chi connectivity index (χ1v) is 3.32. The molecule has 2 N–H and O–H groups in total. The summed E-state index contributed by atoms with van der Waals surface area (Å²) in [5.74, 6) is 0. The van der Waals surface area contributed by atoms with E-state index in [0.717, 1.165) is 0 Å². The van der Waals surface area contributed by atoms with Crippen molar-refractivity contribution in [3.8, 4) is 0 Å². The number of amides is 2. The average molecular weight is 144 g/mol. The van der Waals surface area contributed by atoms with Gasteiger partial charge in [-0.05, 0) is 6.92 Å². The van der Waals surface area contributed by atoms with Crippen LogP contribution < -0.4 is 5.32 Å². The topological polar surface area (TPSA) is 52.6 Å².